The highest BCUT2D eigenvalue weighted by molar-refractivity contribution is 8.39. The molecule has 17 heavy (non-hydrogen) atoms. The van der Waals surface area contributed by atoms with Crippen molar-refractivity contribution in [2.75, 3.05) is 23.4 Å². The monoisotopic (exact) mass is 286 g/mol. The number of thioether (sulfide) groups is 2. The molecule has 3 nitrogen and oxygen atoms in total. The summed E-state index contributed by atoms with van der Waals surface area (Å²) in [7, 11) is 0. The lowest BCUT2D eigenvalue weighted by Crippen LogP contribution is -2.14. The molecule has 0 spiro atoms. The average Bonchev–Trinajstić information content (AvgIpc) is 2.83. The summed E-state index contributed by atoms with van der Waals surface area (Å²) >= 11 is 8.96. The number of nitrogens with one attached hydrogen (secondary N) is 1. The predicted octanol–water partition coefficient (Wildman–Crippen LogP) is 3.11. The quantitative estimate of drug-likeness (QED) is 0.928. The highest BCUT2D eigenvalue weighted by Gasteiger charge is 2.10. The second-order valence-electron chi connectivity index (χ2n) is 3.34. The van der Waals surface area contributed by atoms with E-state index in [9.17, 15) is 4.79 Å². The molecule has 1 N–H and O–H groups in total. The van der Waals surface area contributed by atoms with Gasteiger partial charge in [0.1, 0.15) is 4.38 Å². The van der Waals surface area contributed by atoms with E-state index in [1.165, 1.54) is 11.8 Å². The van der Waals surface area contributed by atoms with Crippen LogP contribution < -0.4 is 5.32 Å². The van der Waals surface area contributed by atoms with E-state index in [4.69, 9.17) is 11.6 Å². The first kappa shape index (κ1) is 12.8. The van der Waals surface area contributed by atoms with E-state index < -0.39 is 0 Å². The van der Waals surface area contributed by atoms with Gasteiger partial charge in [-0.15, -0.1) is 0 Å². The van der Waals surface area contributed by atoms with Crippen LogP contribution in [0.1, 0.15) is 0 Å². The fraction of sp³-hybridized carbons (Fsp3) is 0.273. The van der Waals surface area contributed by atoms with Crippen LogP contribution in [-0.4, -0.2) is 28.3 Å². The number of amides is 1. The number of rotatable bonds is 3. The van der Waals surface area contributed by atoms with Crippen LogP contribution in [0.25, 0.3) is 0 Å². The minimum Gasteiger partial charge on any atom is -0.325 e. The van der Waals surface area contributed by atoms with Crippen molar-refractivity contribution in [1.82, 2.24) is 0 Å². The van der Waals surface area contributed by atoms with Crippen LogP contribution in [0.4, 0.5) is 5.69 Å². The van der Waals surface area contributed by atoms with Crippen molar-refractivity contribution in [2.24, 2.45) is 4.99 Å². The van der Waals surface area contributed by atoms with Crippen LogP contribution in [0.15, 0.2) is 29.3 Å². The van der Waals surface area contributed by atoms with Gasteiger partial charge in [0.05, 0.1) is 12.3 Å². The third-order valence-electron chi connectivity index (χ3n) is 2.01. The maximum absolute atomic E-state index is 11.6. The van der Waals surface area contributed by atoms with Crippen LogP contribution in [0.5, 0.6) is 0 Å². The first-order valence-electron chi connectivity index (χ1n) is 5.09. The standard InChI is InChI=1S/C11H11ClN2OS2/c12-8-1-3-9(4-2-8)14-10(15)7-17-11-13-5-6-16-11/h1-4H,5-7H2,(H,14,15). The molecule has 1 heterocycles. The summed E-state index contributed by atoms with van der Waals surface area (Å²) in [6, 6.07) is 7.07. The lowest BCUT2D eigenvalue weighted by Gasteiger charge is -2.04. The Labute approximate surface area is 113 Å². The minimum atomic E-state index is -0.0208. The molecule has 0 radical (unpaired) electrons. The summed E-state index contributed by atoms with van der Waals surface area (Å²) in [5.41, 5.74) is 0.765. The molecule has 1 aliphatic rings. The van der Waals surface area contributed by atoms with Gasteiger partial charge in [-0.1, -0.05) is 35.1 Å². The Morgan fingerprint density at radius 3 is 2.88 bits per heavy atom. The number of nitrogens with zero attached hydrogens (tertiary/aromatic N) is 1. The molecule has 2 rings (SSSR count). The summed E-state index contributed by atoms with van der Waals surface area (Å²) in [5.74, 6) is 1.41. The molecule has 1 aromatic carbocycles. The highest BCUT2D eigenvalue weighted by Crippen LogP contribution is 2.22. The Morgan fingerprint density at radius 1 is 1.47 bits per heavy atom. The Bertz CT molecular complexity index is 434. The van der Waals surface area contributed by atoms with Crippen molar-refractivity contribution < 1.29 is 4.79 Å². The van der Waals surface area contributed by atoms with Gasteiger partial charge in [0.25, 0.3) is 0 Å². The summed E-state index contributed by atoms with van der Waals surface area (Å²) in [6.07, 6.45) is 0. The van der Waals surface area contributed by atoms with Gasteiger partial charge in [0, 0.05) is 16.5 Å². The Balaban J connectivity index is 1.78. The van der Waals surface area contributed by atoms with Gasteiger partial charge in [-0.2, -0.15) is 0 Å². The maximum atomic E-state index is 11.6. The summed E-state index contributed by atoms with van der Waals surface area (Å²) in [6.45, 7) is 0.867. The van der Waals surface area contributed by atoms with Gasteiger partial charge >= 0.3 is 0 Å². The zero-order chi connectivity index (χ0) is 12.1. The molecule has 90 valence electrons. The Kier molecular flexibility index (Phi) is 4.76. The normalized spacial score (nSPS) is 14.5. The summed E-state index contributed by atoms with van der Waals surface area (Å²) < 4.78 is 1.01. The molecular weight excluding hydrogens is 276 g/mol. The Hall–Kier alpha value is -0.650. The maximum Gasteiger partial charge on any atom is 0.234 e. The molecule has 0 aromatic heterocycles. The second kappa shape index (κ2) is 6.33. The van der Waals surface area contributed by atoms with Gasteiger partial charge in [0.2, 0.25) is 5.91 Å². The van der Waals surface area contributed by atoms with Gasteiger partial charge in [0.15, 0.2) is 0 Å². The van der Waals surface area contributed by atoms with Crippen molar-refractivity contribution >= 4 is 51.1 Å². The molecule has 0 saturated heterocycles. The smallest absolute Gasteiger partial charge is 0.234 e. The Morgan fingerprint density at radius 2 is 2.24 bits per heavy atom. The van der Waals surface area contributed by atoms with Gasteiger partial charge in [-0.3, -0.25) is 9.79 Å². The number of hydrogen-bond donors (Lipinski definition) is 1. The molecule has 0 aliphatic carbocycles. The summed E-state index contributed by atoms with van der Waals surface area (Å²) in [4.78, 5) is 15.9. The third kappa shape index (κ3) is 4.26. The van der Waals surface area contributed by atoms with Crippen LogP contribution in [0.2, 0.25) is 5.02 Å². The number of halogens is 1. The zero-order valence-corrected chi connectivity index (χ0v) is 11.4. The number of carbonyl (C=O) groups excluding carboxylic acids is 1. The molecule has 1 amide bonds. The lowest BCUT2D eigenvalue weighted by molar-refractivity contribution is -0.113. The van der Waals surface area contributed by atoms with Crippen molar-refractivity contribution in [3.8, 4) is 0 Å². The minimum absolute atomic E-state index is 0.0208. The van der Waals surface area contributed by atoms with Gasteiger partial charge < -0.3 is 5.32 Å². The molecule has 0 unspecified atom stereocenters. The van der Waals surface area contributed by atoms with Crippen LogP contribution >= 0.6 is 35.1 Å². The molecule has 1 aliphatic heterocycles. The van der Waals surface area contributed by atoms with Crippen LogP contribution in [-0.2, 0) is 4.79 Å². The van der Waals surface area contributed by atoms with Crippen molar-refractivity contribution in [1.29, 1.82) is 0 Å². The van der Waals surface area contributed by atoms with E-state index in [-0.39, 0.29) is 5.91 Å². The molecule has 0 saturated carbocycles. The molecule has 6 heteroatoms. The highest BCUT2D eigenvalue weighted by atomic mass is 35.5. The SMILES string of the molecule is O=C(CSC1=NCCS1)Nc1ccc(Cl)cc1. The van der Waals surface area contributed by atoms with E-state index >= 15 is 0 Å². The molecular formula is C11H11ClN2OS2. The molecule has 0 bridgehead atoms. The predicted molar refractivity (Wildman–Crippen MR) is 77.3 cm³/mol. The number of anilines is 1. The second-order valence-corrected chi connectivity index (χ2v) is 6.08. The topological polar surface area (TPSA) is 41.5 Å². The molecule has 0 fully saturated rings. The van der Waals surface area contributed by atoms with Gasteiger partial charge in [-0.25, -0.2) is 0 Å². The van der Waals surface area contributed by atoms with Crippen LogP contribution in [0.3, 0.4) is 0 Å². The fourth-order valence-electron chi connectivity index (χ4n) is 1.26. The van der Waals surface area contributed by atoms with Crippen molar-refractivity contribution in [3.05, 3.63) is 29.3 Å². The number of benzene rings is 1. The number of aliphatic imine (C=N–C) groups is 1. The number of carbonyl (C=O) groups is 1. The van der Waals surface area contributed by atoms with E-state index in [1.54, 1.807) is 36.0 Å². The third-order valence-corrected chi connectivity index (χ3v) is 4.52. The van der Waals surface area contributed by atoms with Crippen molar-refractivity contribution in [3.63, 3.8) is 0 Å². The van der Waals surface area contributed by atoms with Gasteiger partial charge in [-0.05, 0) is 24.3 Å². The largest absolute Gasteiger partial charge is 0.325 e. The zero-order valence-electron chi connectivity index (χ0n) is 8.98. The van der Waals surface area contributed by atoms with E-state index in [0.29, 0.717) is 10.8 Å². The van der Waals surface area contributed by atoms with E-state index in [2.05, 4.69) is 10.3 Å². The first-order valence-corrected chi connectivity index (χ1v) is 7.44. The van der Waals surface area contributed by atoms with Crippen molar-refractivity contribution in [2.45, 2.75) is 0 Å². The number of hydrogen-bond acceptors (Lipinski definition) is 4. The average molecular weight is 287 g/mol. The van der Waals surface area contributed by atoms with E-state index in [1.807, 2.05) is 0 Å². The summed E-state index contributed by atoms with van der Waals surface area (Å²) in [5, 5.41) is 3.47. The fourth-order valence-corrected chi connectivity index (χ4v) is 3.20. The van der Waals surface area contributed by atoms with Crippen LogP contribution in [0, 0.1) is 0 Å². The van der Waals surface area contributed by atoms with E-state index in [0.717, 1.165) is 22.4 Å². The first-order chi connectivity index (χ1) is 8.24. The lowest BCUT2D eigenvalue weighted by atomic mass is 10.3. The molecule has 0 atom stereocenters. The molecule has 1 aromatic rings.